The van der Waals surface area contributed by atoms with Crippen LogP contribution in [0, 0.1) is 0 Å². The number of nitrogens with zero attached hydrogens (tertiary/aromatic N) is 1. The molecule has 1 N–H and O–H groups in total. The highest BCUT2D eigenvalue weighted by Crippen LogP contribution is 2.28. The van der Waals surface area contributed by atoms with Gasteiger partial charge in [-0.3, -0.25) is 4.79 Å². The van der Waals surface area contributed by atoms with E-state index in [4.69, 9.17) is 4.74 Å². The third-order valence-electron chi connectivity index (χ3n) is 4.00. The number of hydrogen-bond acceptors (Lipinski definition) is 4. The van der Waals surface area contributed by atoms with Crippen LogP contribution in [0.4, 0.5) is 0 Å². The Hall–Kier alpha value is -2.14. The number of rotatable bonds is 5. The summed E-state index contributed by atoms with van der Waals surface area (Å²) in [6, 6.07) is 8.11. The molecule has 1 aliphatic carbocycles. The summed E-state index contributed by atoms with van der Waals surface area (Å²) in [5, 5.41) is 6.04. The van der Waals surface area contributed by atoms with Gasteiger partial charge in [0.1, 0.15) is 5.75 Å². The van der Waals surface area contributed by atoms with Gasteiger partial charge in [0.15, 0.2) is 0 Å². The van der Waals surface area contributed by atoms with Crippen LogP contribution in [0.5, 0.6) is 5.75 Å². The van der Waals surface area contributed by atoms with Gasteiger partial charge in [-0.25, -0.2) is 5.43 Å². The van der Waals surface area contributed by atoms with Gasteiger partial charge < -0.3 is 4.74 Å². The van der Waals surface area contributed by atoms with Crippen molar-refractivity contribution in [1.82, 2.24) is 5.43 Å². The van der Waals surface area contributed by atoms with E-state index in [9.17, 15) is 4.79 Å². The first-order valence-corrected chi connectivity index (χ1v) is 8.68. The quantitative estimate of drug-likeness (QED) is 0.676. The molecule has 0 radical (unpaired) electrons. The van der Waals surface area contributed by atoms with E-state index in [1.54, 1.807) is 24.7 Å². The Bertz CT molecular complexity index is 708. The van der Waals surface area contributed by atoms with Crippen molar-refractivity contribution >= 4 is 23.5 Å². The van der Waals surface area contributed by atoms with Gasteiger partial charge in [0.2, 0.25) is 5.91 Å². The number of methoxy groups -OCH3 is 1. The molecule has 0 saturated heterocycles. The monoisotopic (exact) mass is 328 g/mol. The molecule has 1 aromatic carbocycles. The van der Waals surface area contributed by atoms with Gasteiger partial charge in [-0.05, 0) is 60.4 Å². The second kappa shape index (κ2) is 7.42. The molecule has 0 fully saturated rings. The number of fused-ring (bicyclic) bond motifs is 1. The fraction of sp³-hybridized carbons (Fsp3) is 0.333. The maximum absolute atomic E-state index is 11.8. The number of thiophene rings is 1. The molecule has 1 heterocycles. The number of carbonyl (C=O) groups excluding carboxylic acids is 1. The largest absolute Gasteiger partial charge is 0.496 e. The number of hydrogen-bond donors (Lipinski definition) is 1. The fourth-order valence-corrected chi connectivity index (χ4v) is 3.55. The summed E-state index contributed by atoms with van der Waals surface area (Å²) in [4.78, 5) is 12.9. The molecule has 0 unspecified atom stereocenters. The minimum atomic E-state index is -0.111. The number of amides is 1. The highest BCUT2D eigenvalue weighted by molar-refractivity contribution is 7.10. The predicted octanol–water partition coefficient (Wildman–Crippen LogP) is 3.33. The van der Waals surface area contributed by atoms with Gasteiger partial charge in [-0.2, -0.15) is 5.10 Å². The van der Waals surface area contributed by atoms with Crippen molar-refractivity contribution in [2.75, 3.05) is 7.11 Å². The molecule has 1 aliphatic rings. The van der Waals surface area contributed by atoms with E-state index in [1.165, 1.54) is 24.0 Å². The highest BCUT2D eigenvalue weighted by Gasteiger charge is 2.13. The molecule has 23 heavy (non-hydrogen) atoms. The van der Waals surface area contributed by atoms with Crippen LogP contribution >= 0.6 is 11.3 Å². The standard InChI is InChI=1S/C18H20N2O2S/c1-22-17-10-14-6-3-2-5-13(14)9-15(17)12-19-20-18(21)11-16-7-4-8-23-16/h4,7-10,12H,2-3,5-6,11H2,1H3,(H,20,21)/b19-12+. The van der Waals surface area contributed by atoms with Crippen molar-refractivity contribution in [1.29, 1.82) is 0 Å². The lowest BCUT2D eigenvalue weighted by molar-refractivity contribution is -0.120. The van der Waals surface area contributed by atoms with E-state index in [1.807, 2.05) is 17.5 Å². The first kappa shape index (κ1) is 15.7. The Morgan fingerprint density at radius 2 is 2.13 bits per heavy atom. The van der Waals surface area contributed by atoms with Crippen molar-refractivity contribution in [2.24, 2.45) is 5.10 Å². The van der Waals surface area contributed by atoms with E-state index in [-0.39, 0.29) is 5.91 Å². The van der Waals surface area contributed by atoms with Gasteiger partial charge in [-0.15, -0.1) is 11.3 Å². The van der Waals surface area contributed by atoms with Crippen molar-refractivity contribution in [3.8, 4) is 5.75 Å². The summed E-state index contributed by atoms with van der Waals surface area (Å²) < 4.78 is 5.45. The number of nitrogens with one attached hydrogen (secondary N) is 1. The molecular weight excluding hydrogens is 308 g/mol. The SMILES string of the molecule is COc1cc2c(cc1/C=N/NC(=O)Cc1cccs1)CCCC2. The predicted molar refractivity (Wildman–Crippen MR) is 93.4 cm³/mol. The van der Waals surface area contributed by atoms with Gasteiger partial charge in [0, 0.05) is 10.4 Å². The van der Waals surface area contributed by atoms with E-state index in [2.05, 4.69) is 22.7 Å². The molecular formula is C18H20N2O2S. The van der Waals surface area contributed by atoms with Crippen LogP contribution in [0.1, 0.15) is 34.4 Å². The molecule has 0 saturated carbocycles. The zero-order chi connectivity index (χ0) is 16.1. The smallest absolute Gasteiger partial charge is 0.245 e. The summed E-state index contributed by atoms with van der Waals surface area (Å²) in [7, 11) is 1.66. The average molecular weight is 328 g/mol. The lowest BCUT2D eigenvalue weighted by Crippen LogP contribution is -2.19. The summed E-state index contributed by atoms with van der Waals surface area (Å²) in [5.41, 5.74) is 6.22. The van der Waals surface area contributed by atoms with E-state index >= 15 is 0 Å². The van der Waals surface area contributed by atoms with E-state index in [0.29, 0.717) is 6.42 Å². The molecule has 120 valence electrons. The van der Waals surface area contributed by atoms with Gasteiger partial charge in [0.05, 0.1) is 19.7 Å². The Morgan fingerprint density at radius 1 is 1.35 bits per heavy atom. The molecule has 0 atom stereocenters. The summed E-state index contributed by atoms with van der Waals surface area (Å²) in [5.74, 6) is 0.697. The second-order valence-corrected chi connectivity index (χ2v) is 6.65. The van der Waals surface area contributed by atoms with Gasteiger partial charge in [-0.1, -0.05) is 6.07 Å². The zero-order valence-electron chi connectivity index (χ0n) is 13.2. The molecule has 0 spiro atoms. The number of aryl methyl sites for hydroxylation is 2. The second-order valence-electron chi connectivity index (χ2n) is 5.62. The van der Waals surface area contributed by atoms with Crippen LogP contribution in [0.3, 0.4) is 0 Å². The van der Waals surface area contributed by atoms with Crippen molar-refractivity contribution < 1.29 is 9.53 Å². The molecule has 1 amide bonds. The maximum Gasteiger partial charge on any atom is 0.245 e. The highest BCUT2D eigenvalue weighted by atomic mass is 32.1. The van der Waals surface area contributed by atoms with Crippen molar-refractivity contribution in [3.05, 3.63) is 51.2 Å². The summed E-state index contributed by atoms with van der Waals surface area (Å²) in [6.07, 6.45) is 6.71. The third-order valence-corrected chi connectivity index (χ3v) is 4.88. The third kappa shape index (κ3) is 3.99. The molecule has 1 aromatic heterocycles. The lowest BCUT2D eigenvalue weighted by atomic mass is 9.90. The molecule has 0 bridgehead atoms. The van der Waals surface area contributed by atoms with Crippen LogP contribution in [0.25, 0.3) is 0 Å². The lowest BCUT2D eigenvalue weighted by Gasteiger charge is -2.18. The van der Waals surface area contributed by atoms with Gasteiger partial charge >= 0.3 is 0 Å². The summed E-state index contributed by atoms with van der Waals surface area (Å²) >= 11 is 1.57. The Kier molecular flexibility index (Phi) is 5.08. The Labute approximate surface area is 140 Å². The number of carbonyl (C=O) groups is 1. The molecule has 0 aliphatic heterocycles. The van der Waals surface area contributed by atoms with Gasteiger partial charge in [0.25, 0.3) is 0 Å². The first-order valence-electron chi connectivity index (χ1n) is 7.80. The average Bonchev–Trinajstić information content (AvgIpc) is 3.07. The minimum Gasteiger partial charge on any atom is -0.496 e. The fourth-order valence-electron chi connectivity index (χ4n) is 2.84. The zero-order valence-corrected chi connectivity index (χ0v) is 14.0. The van der Waals surface area contributed by atoms with Crippen LogP contribution in [0.15, 0.2) is 34.7 Å². The molecule has 2 aromatic rings. The normalized spacial score (nSPS) is 13.8. The number of hydrazone groups is 1. The molecule has 5 heteroatoms. The first-order chi connectivity index (χ1) is 11.3. The summed E-state index contributed by atoms with van der Waals surface area (Å²) in [6.45, 7) is 0. The van der Waals surface area contributed by atoms with Crippen molar-refractivity contribution in [3.63, 3.8) is 0 Å². The number of benzene rings is 1. The van der Waals surface area contributed by atoms with E-state index < -0.39 is 0 Å². The van der Waals surface area contributed by atoms with Crippen molar-refractivity contribution in [2.45, 2.75) is 32.1 Å². The van der Waals surface area contributed by atoms with Crippen LogP contribution in [-0.4, -0.2) is 19.2 Å². The van der Waals surface area contributed by atoms with Crippen LogP contribution in [0.2, 0.25) is 0 Å². The minimum absolute atomic E-state index is 0.111. The molecule has 4 nitrogen and oxygen atoms in total. The number of ether oxygens (including phenoxy) is 1. The van der Waals surface area contributed by atoms with Crippen LogP contribution < -0.4 is 10.2 Å². The maximum atomic E-state index is 11.8. The van der Waals surface area contributed by atoms with Crippen LogP contribution in [-0.2, 0) is 24.1 Å². The topological polar surface area (TPSA) is 50.7 Å². The van der Waals surface area contributed by atoms with E-state index in [0.717, 1.165) is 29.0 Å². The Balaban J connectivity index is 1.67. The molecule has 3 rings (SSSR count). The Morgan fingerprint density at radius 3 is 2.83 bits per heavy atom.